The average molecular weight is 741 g/mol. The second-order valence-electron chi connectivity index (χ2n) is 13.8. The summed E-state index contributed by atoms with van der Waals surface area (Å²) >= 11 is 0. The molecule has 0 aliphatic rings. The minimum atomic E-state index is -0.417. The molecule has 6 heteroatoms. The molecule has 1 radical (unpaired) electrons. The fourth-order valence-electron chi connectivity index (χ4n) is 4.60. The van der Waals surface area contributed by atoms with E-state index in [-0.39, 0.29) is 42.5 Å². The molecule has 1 N–H and O–H groups in total. The summed E-state index contributed by atoms with van der Waals surface area (Å²) in [7, 11) is 2.08. The zero-order valence-electron chi connectivity index (χ0n) is 26.4. The summed E-state index contributed by atoms with van der Waals surface area (Å²) in [6.45, 7) is 17.8. The number of benzene rings is 3. The summed E-state index contributed by atoms with van der Waals surface area (Å²) in [4.78, 5) is 20.7. The van der Waals surface area contributed by atoms with Crippen molar-refractivity contribution < 1.29 is 30.0 Å². The van der Waals surface area contributed by atoms with Crippen LogP contribution < -0.4 is 0 Å². The van der Waals surface area contributed by atoms with Gasteiger partial charge in [-0.3, -0.25) is 9.78 Å². The molecule has 5 aromatic rings. The second kappa shape index (κ2) is 12.1. The van der Waals surface area contributed by atoms with Crippen LogP contribution in [0, 0.1) is 16.9 Å². The fourth-order valence-corrected chi connectivity index (χ4v) is 4.60. The first-order chi connectivity index (χ1) is 19.0. The number of allylic oxidation sites excluding steroid dienone is 2. The number of fused-ring (bicyclic) bond motifs is 5. The summed E-state index contributed by atoms with van der Waals surface area (Å²) in [6, 6.07) is 22.7. The predicted molar refractivity (Wildman–Crippen MR) is 171 cm³/mol. The third kappa shape index (κ3) is 6.82. The SMILES string of the molecule is CC(C)(C)C(=O)/C=C(\O)C(C)(C)C.Cn1c2ncnc(-c3[c-]cc(C(C)(C)C)cc3)c2c2ccc3ccccc3c21.[Ir]. The number of aryl methyl sites for hydroxylation is 1. The zero-order valence-corrected chi connectivity index (χ0v) is 28.8. The van der Waals surface area contributed by atoms with Gasteiger partial charge in [0.05, 0.1) is 5.52 Å². The van der Waals surface area contributed by atoms with Gasteiger partial charge >= 0.3 is 0 Å². The Balaban J connectivity index is 0.000000297. The number of aliphatic hydroxyl groups is 1. The maximum Gasteiger partial charge on any atom is 0.164 e. The van der Waals surface area contributed by atoms with Crippen LogP contribution in [0.2, 0.25) is 0 Å². The van der Waals surface area contributed by atoms with E-state index in [1.165, 1.54) is 33.3 Å². The Morgan fingerprint density at radius 3 is 2.10 bits per heavy atom. The van der Waals surface area contributed by atoms with Gasteiger partial charge < -0.3 is 9.67 Å². The van der Waals surface area contributed by atoms with Crippen molar-refractivity contribution >= 4 is 38.5 Å². The van der Waals surface area contributed by atoms with Crippen LogP contribution in [-0.4, -0.2) is 25.4 Å². The van der Waals surface area contributed by atoms with E-state index in [9.17, 15) is 9.90 Å². The first kappa shape index (κ1) is 33.2. The largest absolute Gasteiger partial charge is 0.512 e. The van der Waals surface area contributed by atoms with E-state index in [0.29, 0.717) is 0 Å². The molecule has 0 bridgehead atoms. The van der Waals surface area contributed by atoms with E-state index in [2.05, 4.69) is 103 Å². The van der Waals surface area contributed by atoms with Gasteiger partial charge in [-0.1, -0.05) is 98.7 Å². The number of carbonyl (C=O) groups is 1. The summed E-state index contributed by atoms with van der Waals surface area (Å²) in [6.07, 6.45) is 2.99. The molecule has 42 heavy (non-hydrogen) atoms. The van der Waals surface area contributed by atoms with E-state index >= 15 is 0 Å². The summed E-state index contributed by atoms with van der Waals surface area (Å²) in [5.41, 5.74) is 4.69. The van der Waals surface area contributed by atoms with Crippen LogP contribution in [0.4, 0.5) is 0 Å². The monoisotopic (exact) mass is 741 g/mol. The Bertz CT molecular complexity index is 1760. The topological polar surface area (TPSA) is 68.0 Å². The third-order valence-electron chi connectivity index (χ3n) is 7.36. The van der Waals surface area contributed by atoms with Crippen LogP contribution >= 0.6 is 0 Å². The summed E-state index contributed by atoms with van der Waals surface area (Å²) < 4.78 is 2.18. The molecule has 0 spiro atoms. The Morgan fingerprint density at radius 1 is 0.857 bits per heavy atom. The third-order valence-corrected chi connectivity index (χ3v) is 7.36. The minimum absolute atomic E-state index is 0. The van der Waals surface area contributed by atoms with Crippen molar-refractivity contribution in [1.82, 2.24) is 14.5 Å². The molecule has 2 aromatic heterocycles. The molecular formula is C36H42IrN3O2-. The Hall–Kier alpha value is -3.34. The second-order valence-corrected chi connectivity index (χ2v) is 13.8. The van der Waals surface area contributed by atoms with Gasteiger partial charge in [-0.15, -0.1) is 35.4 Å². The van der Waals surface area contributed by atoms with Crippen LogP contribution in [0.3, 0.4) is 0 Å². The van der Waals surface area contributed by atoms with Gasteiger partial charge in [0, 0.05) is 65.9 Å². The van der Waals surface area contributed by atoms with Crippen molar-refractivity contribution in [2.45, 2.75) is 67.7 Å². The fraction of sp³-hybridized carbons (Fsp3) is 0.361. The molecular weight excluding hydrogens is 699 g/mol. The average Bonchev–Trinajstić information content (AvgIpc) is 3.20. The van der Waals surface area contributed by atoms with Crippen molar-refractivity contribution in [1.29, 1.82) is 0 Å². The Labute approximate surface area is 263 Å². The number of aliphatic hydroxyl groups excluding tert-OH is 1. The molecule has 0 amide bonds. The molecule has 3 aromatic carbocycles. The van der Waals surface area contributed by atoms with Crippen molar-refractivity contribution in [3.8, 4) is 11.3 Å². The molecule has 0 aliphatic carbocycles. The van der Waals surface area contributed by atoms with Gasteiger partial charge in [0.25, 0.3) is 0 Å². The number of hydrogen-bond acceptors (Lipinski definition) is 4. The molecule has 0 unspecified atom stereocenters. The zero-order chi connectivity index (χ0) is 30.3. The van der Waals surface area contributed by atoms with Crippen molar-refractivity contribution in [3.63, 3.8) is 0 Å². The van der Waals surface area contributed by atoms with Crippen LogP contribution in [0.15, 0.2) is 72.8 Å². The molecule has 0 aliphatic heterocycles. The van der Waals surface area contributed by atoms with Gasteiger partial charge in [-0.05, 0) is 10.8 Å². The van der Waals surface area contributed by atoms with Gasteiger partial charge in [0.1, 0.15) is 17.7 Å². The number of nitrogens with zero attached hydrogens (tertiary/aromatic N) is 3. The maximum absolute atomic E-state index is 11.5. The molecule has 223 valence electrons. The van der Waals surface area contributed by atoms with Crippen LogP contribution in [0.1, 0.15) is 67.9 Å². The first-order valence-corrected chi connectivity index (χ1v) is 14.1. The molecule has 0 fully saturated rings. The van der Waals surface area contributed by atoms with Crippen molar-refractivity contribution in [3.05, 3.63) is 84.4 Å². The number of hydrogen-bond donors (Lipinski definition) is 1. The van der Waals surface area contributed by atoms with Crippen molar-refractivity contribution in [2.24, 2.45) is 17.9 Å². The number of aromatic nitrogens is 3. The molecule has 5 rings (SSSR count). The van der Waals surface area contributed by atoms with Crippen LogP contribution in [0.5, 0.6) is 0 Å². The summed E-state index contributed by atoms with van der Waals surface area (Å²) in [5.74, 6) is 0.104. The number of carbonyl (C=O) groups excluding carboxylic acids is 1. The maximum atomic E-state index is 11.5. The van der Waals surface area contributed by atoms with Gasteiger partial charge in [0.2, 0.25) is 0 Å². The molecule has 0 saturated heterocycles. The molecule has 2 heterocycles. The van der Waals surface area contributed by atoms with E-state index in [4.69, 9.17) is 0 Å². The van der Waals surface area contributed by atoms with E-state index in [1.807, 2.05) is 41.5 Å². The normalized spacial score (nSPS) is 12.7. The quantitative estimate of drug-likeness (QED) is 0.111. The smallest absolute Gasteiger partial charge is 0.164 e. The van der Waals surface area contributed by atoms with Gasteiger partial charge in [-0.2, -0.15) is 0 Å². The van der Waals surface area contributed by atoms with Gasteiger partial charge in [0.15, 0.2) is 5.78 Å². The Morgan fingerprint density at radius 2 is 1.52 bits per heavy atom. The minimum Gasteiger partial charge on any atom is -0.512 e. The number of ketones is 1. The molecule has 0 saturated carbocycles. The summed E-state index contributed by atoms with van der Waals surface area (Å²) in [5, 5.41) is 14.3. The Kier molecular flexibility index (Phi) is 9.56. The van der Waals surface area contributed by atoms with Crippen molar-refractivity contribution in [2.75, 3.05) is 0 Å². The van der Waals surface area contributed by atoms with E-state index in [1.54, 1.807) is 6.33 Å². The molecule has 0 atom stereocenters. The first-order valence-electron chi connectivity index (χ1n) is 14.1. The van der Waals surface area contributed by atoms with Gasteiger partial charge in [-0.25, -0.2) is 4.98 Å². The van der Waals surface area contributed by atoms with E-state index in [0.717, 1.165) is 22.3 Å². The number of rotatable bonds is 2. The van der Waals surface area contributed by atoms with Crippen LogP contribution in [-0.2, 0) is 37.4 Å². The van der Waals surface area contributed by atoms with Crippen LogP contribution in [0.25, 0.3) is 44.0 Å². The standard InChI is InChI=1S/C25H22N3.C11H20O2.Ir/c1-25(2,3)18-12-9-17(10-13-18)22-21-20-14-11-16-7-5-6-8-19(16)23(20)28(4)24(21)27-15-26-22;1-10(2,3)8(12)7-9(13)11(4,5)6;/h5-9,11-15H,1-4H3;7,12H,1-6H3;/q-1;;/b;8-7-;. The molecule has 5 nitrogen and oxygen atoms in total. The predicted octanol–water partition coefficient (Wildman–Crippen LogP) is 9.13. The van der Waals surface area contributed by atoms with E-state index < -0.39 is 5.41 Å².